The second kappa shape index (κ2) is 6.31. The molecule has 0 radical (unpaired) electrons. The Morgan fingerprint density at radius 1 is 1.50 bits per heavy atom. The first-order valence-electron chi connectivity index (χ1n) is 5.82. The van der Waals surface area contributed by atoms with Gasteiger partial charge < -0.3 is 9.52 Å². The first kappa shape index (κ1) is 16.6. The zero-order valence-corrected chi connectivity index (χ0v) is 11.8. The van der Waals surface area contributed by atoms with Gasteiger partial charge in [-0.05, 0) is 13.3 Å². The summed E-state index contributed by atoms with van der Waals surface area (Å²) in [5.74, 6) is -1.93. The molecule has 0 saturated heterocycles. The van der Waals surface area contributed by atoms with Crippen molar-refractivity contribution in [3.05, 3.63) is 17.4 Å². The maximum absolute atomic E-state index is 12.4. The summed E-state index contributed by atoms with van der Waals surface area (Å²) in [4.78, 5) is 10.8. The van der Waals surface area contributed by atoms with Crippen LogP contribution < -0.4 is 0 Å². The number of halogens is 2. The number of hydrogen-bond donors (Lipinski definition) is 1. The molecule has 0 aromatic carbocycles. The summed E-state index contributed by atoms with van der Waals surface area (Å²) in [5.41, 5.74) is 0.115. The molecule has 0 atom stereocenters. The van der Waals surface area contributed by atoms with E-state index in [0.29, 0.717) is 10.7 Å². The van der Waals surface area contributed by atoms with Gasteiger partial charge in [-0.25, -0.2) is 22.0 Å². The lowest BCUT2D eigenvalue weighted by molar-refractivity contribution is 0.0654. The molecule has 1 aromatic rings. The third-order valence-electron chi connectivity index (χ3n) is 2.50. The van der Waals surface area contributed by atoms with Gasteiger partial charge in [0.15, 0.2) is 0 Å². The molecule has 0 bridgehead atoms. The zero-order valence-electron chi connectivity index (χ0n) is 11.0. The number of carboxylic acid groups (broad SMARTS) is 1. The van der Waals surface area contributed by atoms with E-state index in [4.69, 9.17) is 9.52 Å². The molecule has 0 aliphatic rings. The topological polar surface area (TPSA) is 87.8 Å². The standard InChI is InChI=1S/C11H15F2NO5S/c1-3-4-14(6-8(12)13)20(17,18)9-5-7(2)10(19-9)11(15)16/h5,8H,3-4,6H2,1-2H3,(H,15,16). The van der Waals surface area contributed by atoms with Crippen LogP contribution in [0.5, 0.6) is 0 Å². The predicted octanol–water partition coefficient (Wildman–Crippen LogP) is 1.95. The second-order valence-corrected chi connectivity index (χ2v) is 6.01. The number of carbonyl (C=O) groups is 1. The Kier molecular flexibility index (Phi) is 5.23. The summed E-state index contributed by atoms with van der Waals surface area (Å²) in [7, 11) is -4.27. The monoisotopic (exact) mass is 311 g/mol. The van der Waals surface area contributed by atoms with Gasteiger partial charge in [-0.2, -0.15) is 4.31 Å². The third-order valence-corrected chi connectivity index (χ3v) is 4.22. The van der Waals surface area contributed by atoms with Crippen LogP contribution in [0.2, 0.25) is 0 Å². The molecule has 0 spiro atoms. The summed E-state index contributed by atoms with van der Waals surface area (Å²) < 4.78 is 54.5. The fourth-order valence-corrected chi connectivity index (χ4v) is 3.13. The molecule has 1 aromatic heterocycles. The number of furan rings is 1. The zero-order chi connectivity index (χ0) is 15.5. The lowest BCUT2D eigenvalue weighted by Crippen LogP contribution is -2.35. The molecular formula is C11H15F2NO5S. The van der Waals surface area contributed by atoms with Crippen LogP contribution in [-0.4, -0.2) is 43.3 Å². The molecular weight excluding hydrogens is 296 g/mol. The summed E-state index contributed by atoms with van der Waals surface area (Å²) >= 11 is 0. The summed E-state index contributed by atoms with van der Waals surface area (Å²) in [6.45, 7) is 1.94. The molecule has 0 amide bonds. The largest absolute Gasteiger partial charge is 0.475 e. The Labute approximate surface area is 115 Å². The molecule has 0 fully saturated rings. The van der Waals surface area contributed by atoms with Crippen molar-refractivity contribution in [2.24, 2.45) is 0 Å². The molecule has 1 heterocycles. The highest BCUT2D eigenvalue weighted by Gasteiger charge is 2.31. The van der Waals surface area contributed by atoms with E-state index < -0.39 is 39.8 Å². The Hall–Kier alpha value is -1.48. The van der Waals surface area contributed by atoms with Crippen LogP contribution >= 0.6 is 0 Å². The number of rotatable bonds is 7. The Morgan fingerprint density at radius 2 is 2.10 bits per heavy atom. The minimum absolute atomic E-state index is 0.102. The maximum Gasteiger partial charge on any atom is 0.372 e. The van der Waals surface area contributed by atoms with Crippen LogP contribution in [0.4, 0.5) is 8.78 Å². The van der Waals surface area contributed by atoms with E-state index in [1.807, 2.05) is 0 Å². The number of sulfonamides is 1. The Morgan fingerprint density at radius 3 is 2.50 bits per heavy atom. The van der Waals surface area contributed by atoms with E-state index >= 15 is 0 Å². The molecule has 114 valence electrons. The van der Waals surface area contributed by atoms with Crippen molar-refractivity contribution in [1.29, 1.82) is 0 Å². The molecule has 1 rings (SSSR count). The van der Waals surface area contributed by atoms with Gasteiger partial charge in [0.2, 0.25) is 10.9 Å². The van der Waals surface area contributed by atoms with Crippen molar-refractivity contribution in [1.82, 2.24) is 4.31 Å². The van der Waals surface area contributed by atoms with Crippen molar-refractivity contribution >= 4 is 16.0 Å². The summed E-state index contributed by atoms with van der Waals surface area (Å²) in [6, 6.07) is 1.02. The molecule has 6 nitrogen and oxygen atoms in total. The van der Waals surface area contributed by atoms with Gasteiger partial charge >= 0.3 is 5.97 Å². The molecule has 20 heavy (non-hydrogen) atoms. The fraction of sp³-hybridized carbons (Fsp3) is 0.545. The van der Waals surface area contributed by atoms with Gasteiger partial charge in [0, 0.05) is 18.2 Å². The minimum atomic E-state index is -4.27. The van der Waals surface area contributed by atoms with Crippen LogP contribution in [-0.2, 0) is 10.0 Å². The molecule has 0 aliphatic carbocycles. The molecule has 0 unspecified atom stereocenters. The van der Waals surface area contributed by atoms with E-state index in [1.165, 1.54) is 6.92 Å². The Balaban J connectivity index is 3.19. The van der Waals surface area contributed by atoms with Crippen molar-refractivity contribution in [2.75, 3.05) is 13.1 Å². The first-order chi connectivity index (χ1) is 9.20. The summed E-state index contributed by atoms with van der Waals surface area (Å²) in [5, 5.41) is 8.17. The third kappa shape index (κ3) is 3.54. The van der Waals surface area contributed by atoms with Crippen molar-refractivity contribution in [2.45, 2.75) is 31.8 Å². The number of carboxylic acids is 1. The van der Waals surface area contributed by atoms with Crippen LogP contribution in [0.3, 0.4) is 0 Å². The SMILES string of the molecule is CCCN(CC(F)F)S(=O)(=O)c1cc(C)c(C(=O)O)o1. The quantitative estimate of drug-likeness (QED) is 0.831. The average Bonchev–Trinajstić information content (AvgIpc) is 2.71. The van der Waals surface area contributed by atoms with Crippen molar-refractivity contribution < 1.29 is 31.5 Å². The first-order valence-corrected chi connectivity index (χ1v) is 7.26. The van der Waals surface area contributed by atoms with E-state index in [0.717, 1.165) is 6.07 Å². The second-order valence-electron chi connectivity index (χ2n) is 4.14. The van der Waals surface area contributed by atoms with Crippen LogP contribution in [0.25, 0.3) is 0 Å². The van der Waals surface area contributed by atoms with Gasteiger partial charge in [-0.1, -0.05) is 6.92 Å². The Bertz CT molecular complexity index is 582. The van der Waals surface area contributed by atoms with E-state index in [9.17, 15) is 22.0 Å². The number of nitrogens with zero attached hydrogens (tertiary/aromatic N) is 1. The number of aromatic carboxylic acids is 1. The highest BCUT2D eigenvalue weighted by molar-refractivity contribution is 7.89. The van der Waals surface area contributed by atoms with Crippen molar-refractivity contribution in [3.63, 3.8) is 0 Å². The highest BCUT2D eigenvalue weighted by Crippen LogP contribution is 2.23. The smallest absolute Gasteiger partial charge is 0.372 e. The highest BCUT2D eigenvalue weighted by atomic mass is 32.2. The van der Waals surface area contributed by atoms with E-state index in [1.54, 1.807) is 6.92 Å². The minimum Gasteiger partial charge on any atom is -0.475 e. The predicted molar refractivity (Wildman–Crippen MR) is 65.5 cm³/mol. The van der Waals surface area contributed by atoms with Crippen molar-refractivity contribution in [3.8, 4) is 0 Å². The van der Waals surface area contributed by atoms with Crippen LogP contribution in [0.15, 0.2) is 15.6 Å². The average molecular weight is 311 g/mol. The van der Waals surface area contributed by atoms with E-state index in [-0.39, 0.29) is 12.1 Å². The lowest BCUT2D eigenvalue weighted by atomic mass is 10.3. The van der Waals surface area contributed by atoms with Gasteiger partial charge in [-0.15, -0.1) is 0 Å². The summed E-state index contributed by atoms with van der Waals surface area (Å²) in [6.07, 6.45) is -2.48. The molecule has 0 aliphatic heterocycles. The van der Waals surface area contributed by atoms with Gasteiger partial charge in [-0.3, -0.25) is 0 Å². The maximum atomic E-state index is 12.4. The van der Waals surface area contributed by atoms with Crippen LogP contribution in [0, 0.1) is 6.92 Å². The number of aryl methyl sites for hydroxylation is 1. The molecule has 0 saturated carbocycles. The normalized spacial score (nSPS) is 12.3. The number of hydrogen-bond acceptors (Lipinski definition) is 4. The molecule has 1 N–H and O–H groups in total. The van der Waals surface area contributed by atoms with Crippen LogP contribution in [0.1, 0.15) is 29.5 Å². The fourth-order valence-electron chi connectivity index (χ4n) is 1.63. The van der Waals surface area contributed by atoms with E-state index in [2.05, 4.69) is 0 Å². The van der Waals surface area contributed by atoms with Gasteiger partial charge in [0.05, 0.1) is 6.54 Å². The van der Waals surface area contributed by atoms with Gasteiger partial charge in [0.1, 0.15) is 0 Å². The van der Waals surface area contributed by atoms with Gasteiger partial charge in [0.25, 0.3) is 16.4 Å². The number of alkyl halides is 2. The molecule has 9 heteroatoms. The lowest BCUT2D eigenvalue weighted by Gasteiger charge is -2.19.